The van der Waals surface area contributed by atoms with Crippen LogP contribution in [-0.4, -0.2) is 15.2 Å². The molecule has 0 aliphatic rings. The Morgan fingerprint density at radius 2 is 2.15 bits per heavy atom. The molecule has 2 aromatic carbocycles. The van der Waals surface area contributed by atoms with Crippen molar-refractivity contribution in [3.8, 4) is 17.6 Å². The minimum absolute atomic E-state index is 0.0521. The summed E-state index contributed by atoms with van der Waals surface area (Å²) in [4.78, 5) is 15.4. The Morgan fingerprint density at radius 1 is 1.37 bits per heavy atom. The maximum Gasteiger partial charge on any atom is 0.285 e. The molecule has 1 heterocycles. The molecule has 3 rings (SSSR count). The van der Waals surface area contributed by atoms with Crippen molar-refractivity contribution in [3.63, 3.8) is 0 Å². The van der Waals surface area contributed by atoms with Crippen molar-refractivity contribution in [2.75, 3.05) is 0 Å². The van der Waals surface area contributed by atoms with E-state index in [-0.39, 0.29) is 23.4 Å². The number of ether oxygens (including phenoxy) is 1. The van der Waals surface area contributed by atoms with Gasteiger partial charge < -0.3 is 4.74 Å². The molecule has 0 bridgehead atoms. The quantitative estimate of drug-likeness (QED) is 0.500. The van der Waals surface area contributed by atoms with E-state index in [4.69, 9.17) is 10.00 Å². The maximum absolute atomic E-state index is 15.0. The number of aromatic amines is 1. The standard InChI is InChI=1S/C18H11BrFIN4O2/c1-9-18(26)25-24-15(23-9)6-11-2-3-14(21)17(16(11)20)27-13-5-10(8-22)4-12(19)7-13/h2-5,7H,6H2,1H3,(H,25,26). The first-order chi connectivity index (χ1) is 12.9. The van der Waals surface area contributed by atoms with Gasteiger partial charge in [-0.1, -0.05) is 22.0 Å². The summed E-state index contributed by atoms with van der Waals surface area (Å²) in [5, 5.41) is 15.3. The topological polar surface area (TPSA) is 91.7 Å². The molecule has 136 valence electrons. The molecule has 1 aromatic heterocycles. The van der Waals surface area contributed by atoms with Gasteiger partial charge in [0.15, 0.2) is 17.4 Å². The van der Waals surface area contributed by atoms with E-state index < -0.39 is 5.82 Å². The van der Waals surface area contributed by atoms with Crippen LogP contribution in [0.5, 0.6) is 11.5 Å². The number of nitrogens with zero attached hydrogens (tertiary/aromatic N) is 3. The maximum atomic E-state index is 15.0. The van der Waals surface area contributed by atoms with Gasteiger partial charge in [-0.15, -0.1) is 0 Å². The second kappa shape index (κ2) is 8.14. The number of nitrogens with one attached hydrogen (secondary N) is 1. The fraction of sp³-hybridized carbons (Fsp3) is 0.111. The fourth-order valence-electron chi connectivity index (χ4n) is 2.32. The molecule has 1 N–H and O–H groups in total. The van der Waals surface area contributed by atoms with Crippen LogP contribution in [0.1, 0.15) is 22.6 Å². The summed E-state index contributed by atoms with van der Waals surface area (Å²) in [7, 11) is 0. The second-order valence-electron chi connectivity index (χ2n) is 5.58. The zero-order valence-electron chi connectivity index (χ0n) is 13.9. The molecule has 0 aliphatic heterocycles. The molecule has 3 aromatic rings. The lowest BCUT2D eigenvalue weighted by atomic mass is 10.1. The van der Waals surface area contributed by atoms with Crippen LogP contribution in [0, 0.1) is 27.6 Å². The monoisotopic (exact) mass is 540 g/mol. The highest BCUT2D eigenvalue weighted by molar-refractivity contribution is 14.1. The van der Waals surface area contributed by atoms with Crippen LogP contribution >= 0.6 is 38.5 Å². The lowest BCUT2D eigenvalue weighted by molar-refractivity contribution is 0.435. The van der Waals surface area contributed by atoms with Crippen LogP contribution in [-0.2, 0) is 6.42 Å². The molecule has 0 atom stereocenters. The van der Waals surface area contributed by atoms with Crippen molar-refractivity contribution in [2.24, 2.45) is 0 Å². The van der Waals surface area contributed by atoms with Crippen LogP contribution < -0.4 is 10.3 Å². The summed E-state index contributed by atoms with van der Waals surface area (Å²) in [5.74, 6) is 0.141. The number of aryl methyl sites for hydroxylation is 1. The highest BCUT2D eigenvalue weighted by Gasteiger charge is 2.17. The predicted octanol–water partition coefficient (Wildman–Crippen LogP) is 4.23. The molecular weight excluding hydrogens is 530 g/mol. The van der Waals surface area contributed by atoms with Gasteiger partial charge in [0.1, 0.15) is 11.4 Å². The molecule has 9 heteroatoms. The number of hydrogen-bond acceptors (Lipinski definition) is 5. The zero-order valence-corrected chi connectivity index (χ0v) is 17.6. The summed E-state index contributed by atoms with van der Waals surface area (Å²) < 4.78 is 22.0. The third-order valence-corrected chi connectivity index (χ3v) is 4.92. The number of nitriles is 1. The smallest absolute Gasteiger partial charge is 0.285 e. The van der Waals surface area contributed by atoms with E-state index in [1.54, 1.807) is 31.2 Å². The van der Waals surface area contributed by atoms with Crippen LogP contribution in [0.25, 0.3) is 0 Å². The van der Waals surface area contributed by atoms with E-state index in [1.807, 2.05) is 28.7 Å². The lowest BCUT2D eigenvalue weighted by Gasteiger charge is -2.12. The van der Waals surface area contributed by atoms with Gasteiger partial charge in [-0.25, -0.2) is 14.5 Å². The minimum Gasteiger partial charge on any atom is -0.453 e. The largest absolute Gasteiger partial charge is 0.453 e. The molecular formula is C18H11BrFIN4O2. The van der Waals surface area contributed by atoms with Gasteiger partial charge >= 0.3 is 0 Å². The van der Waals surface area contributed by atoms with E-state index >= 15 is 4.39 Å². The molecule has 0 unspecified atom stereocenters. The van der Waals surface area contributed by atoms with Gasteiger partial charge in [0.25, 0.3) is 5.56 Å². The Hall–Kier alpha value is -2.32. The predicted molar refractivity (Wildman–Crippen MR) is 108 cm³/mol. The second-order valence-corrected chi connectivity index (χ2v) is 7.66. The Balaban J connectivity index is 1.96. The van der Waals surface area contributed by atoms with Gasteiger partial charge in [0.05, 0.1) is 15.2 Å². The van der Waals surface area contributed by atoms with Crippen LogP contribution in [0.4, 0.5) is 4.39 Å². The van der Waals surface area contributed by atoms with Crippen molar-refractivity contribution in [2.45, 2.75) is 13.3 Å². The molecule has 0 aliphatic carbocycles. The molecule has 0 amide bonds. The van der Waals surface area contributed by atoms with E-state index in [0.717, 1.165) is 0 Å². The third-order valence-electron chi connectivity index (χ3n) is 3.61. The number of benzene rings is 2. The van der Waals surface area contributed by atoms with Gasteiger partial charge in [-0.2, -0.15) is 10.4 Å². The van der Waals surface area contributed by atoms with E-state index in [0.29, 0.717) is 30.7 Å². The molecule has 0 radical (unpaired) electrons. The van der Waals surface area contributed by atoms with Crippen LogP contribution in [0.3, 0.4) is 0 Å². The average Bonchev–Trinajstić information content (AvgIpc) is 2.63. The SMILES string of the molecule is Cc1nc(Cc2ccc(I)c(Oc3cc(Br)cc(C#N)c3)c2F)n[nH]c1=O. The van der Waals surface area contributed by atoms with Crippen molar-refractivity contribution in [3.05, 3.63) is 77.2 Å². The first kappa shape index (κ1) is 19.4. The van der Waals surface area contributed by atoms with Gasteiger partial charge in [0.2, 0.25) is 0 Å². The Morgan fingerprint density at radius 3 is 2.85 bits per heavy atom. The Bertz CT molecular complexity index is 1130. The van der Waals surface area contributed by atoms with Gasteiger partial charge in [-0.3, -0.25) is 4.79 Å². The molecule has 6 nitrogen and oxygen atoms in total. The normalized spacial score (nSPS) is 10.5. The number of H-pyrrole nitrogens is 1. The van der Waals surface area contributed by atoms with Crippen LogP contribution in [0.2, 0.25) is 0 Å². The third kappa shape index (κ3) is 4.51. The molecule has 0 saturated heterocycles. The first-order valence-corrected chi connectivity index (χ1v) is 9.52. The summed E-state index contributed by atoms with van der Waals surface area (Å²) in [6.07, 6.45) is 0.0959. The average molecular weight is 541 g/mol. The minimum atomic E-state index is -0.548. The van der Waals surface area contributed by atoms with E-state index in [1.165, 1.54) is 6.07 Å². The van der Waals surface area contributed by atoms with Crippen molar-refractivity contribution in [1.29, 1.82) is 5.26 Å². The van der Waals surface area contributed by atoms with Crippen molar-refractivity contribution in [1.82, 2.24) is 15.2 Å². The molecule has 0 fully saturated rings. The summed E-state index contributed by atoms with van der Waals surface area (Å²) in [5.41, 5.74) is 0.602. The molecule has 0 saturated carbocycles. The summed E-state index contributed by atoms with van der Waals surface area (Å²) in [6.45, 7) is 1.56. The lowest BCUT2D eigenvalue weighted by Crippen LogP contribution is -2.16. The summed E-state index contributed by atoms with van der Waals surface area (Å²) in [6, 6.07) is 10.2. The number of aromatic nitrogens is 3. The Kier molecular flexibility index (Phi) is 5.86. The molecule has 27 heavy (non-hydrogen) atoms. The van der Waals surface area contributed by atoms with Crippen LogP contribution in [0.15, 0.2) is 39.6 Å². The van der Waals surface area contributed by atoms with E-state index in [9.17, 15) is 4.79 Å². The summed E-state index contributed by atoms with van der Waals surface area (Å²) >= 11 is 5.28. The van der Waals surface area contributed by atoms with Crippen molar-refractivity contribution < 1.29 is 9.13 Å². The number of halogens is 3. The zero-order chi connectivity index (χ0) is 19.6. The van der Waals surface area contributed by atoms with Gasteiger partial charge in [0, 0.05) is 10.9 Å². The van der Waals surface area contributed by atoms with E-state index in [2.05, 4.69) is 31.1 Å². The highest BCUT2D eigenvalue weighted by Crippen LogP contribution is 2.33. The van der Waals surface area contributed by atoms with Crippen molar-refractivity contribution >= 4 is 38.5 Å². The highest BCUT2D eigenvalue weighted by atomic mass is 127. The number of rotatable bonds is 4. The fourth-order valence-corrected chi connectivity index (χ4v) is 3.32. The Labute approximate surface area is 175 Å². The first-order valence-electron chi connectivity index (χ1n) is 7.65. The van der Waals surface area contributed by atoms with Gasteiger partial charge in [-0.05, 0) is 59.3 Å². The number of hydrogen-bond donors (Lipinski definition) is 1. The molecule has 0 spiro atoms.